The summed E-state index contributed by atoms with van der Waals surface area (Å²) >= 11 is 0. The highest BCUT2D eigenvalue weighted by Crippen LogP contribution is 2.19. The topological polar surface area (TPSA) is 75.7 Å². The number of likely N-dealkylation sites (tertiary alicyclic amines) is 1. The van der Waals surface area contributed by atoms with Crippen molar-refractivity contribution >= 4 is 15.9 Å². The van der Waals surface area contributed by atoms with Crippen LogP contribution in [0.1, 0.15) is 33.6 Å². The number of rotatable bonds is 3. The van der Waals surface area contributed by atoms with Crippen molar-refractivity contribution in [2.75, 3.05) is 31.1 Å². The number of hydrogen-bond donors (Lipinski definition) is 1. The third-order valence-corrected chi connectivity index (χ3v) is 5.70. The lowest BCUT2D eigenvalue weighted by molar-refractivity contribution is 0.0291. The molecule has 0 aliphatic carbocycles. The summed E-state index contributed by atoms with van der Waals surface area (Å²) in [4.78, 5) is 13.7. The van der Waals surface area contributed by atoms with E-state index in [1.807, 2.05) is 20.8 Å². The molecule has 2 saturated heterocycles. The molecule has 0 saturated carbocycles. The molecule has 21 heavy (non-hydrogen) atoms. The molecular weight excluding hydrogens is 292 g/mol. The highest BCUT2D eigenvalue weighted by Gasteiger charge is 2.32. The van der Waals surface area contributed by atoms with Gasteiger partial charge in [0.2, 0.25) is 0 Å². The molecule has 2 unspecified atom stereocenters. The van der Waals surface area contributed by atoms with E-state index in [-0.39, 0.29) is 18.1 Å². The first kappa shape index (κ1) is 16.5. The molecular formula is C14H26N2O4S. The van der Waals surface area contributed by atoms with Crippen LogP contribution in [0.2, 0.25) is 0 Å². The van der Waals surface area contributed by atoms with Gasteiger partial charge in [-0.25, -0.2) is 13.2 Å². The molecule has 122 valence electrons. The van der Waals surface area contributed by atoms with Crippen molar-refractivity contribution < 1.29 is 17.9 Å². The van der Waals surface area contributed by atoms with E-state index in [1.54, 1.807) is 4.90 Å². The fraction of sp³-hybridized carbons (Fsp3) is 0.929. The smallest absolute Gasteiger partial charge is 0.410 e. The van der Waals surface area contributed by atoms with Gasteiger partial charge in [-0.05, 0) is 46.1 Å². The zero-order valence-electron chi connectivity index (χ0n) is 13.1. The molecule has 1 amide bonds. The van der Waals surface area contributed by atoms with Crippen LogP contribution in [0.25, 0.3) is 0 Å². The van der Waals surface area contributed by atoms with Crippen LogP contribution in [-0.2, 0) is 14.6 Å². The van der Waals surface area contributed by atoms with E-state index < -0.39 is 15.4 Å². The highest BCUT2D eigenvalue weighted by molar-refractivity contribution is 7.91. The molecule has 2 aliphatic rings. The SMILES string of the molecule is CC(C)(C)OC(=O)N1CCC(NCC2CCS(=O)(=O)C2)C1. The predicted octanol–water partition coefficient (Wildman–Crippen LogP) is 1.02. The summed E-state index contributed by atoms with van der Waals surface area (Å²) in [5.41, 5.74) is -0.471. The quantitative estimate of drug-likeness (QED) is 0.841. The molecule has 7 heteroatoms. The lowest BCUT2D eigenvalue weighted by atomic mass is 10.1. The van der Waals surface area contributed by atoms with E-state index in [2.05, 4.69) is 5.32 Å². The van der Waals surface area contributed by atoms with Gasteiger partial charge >= 0.3 is 6.09 Å². The number of amides is 1. The summed E-state index contributed by atoms with van der Waals surface area (Å²) in [6.07, 6.45) is 1.37. The second-order valence-electron chi connectivity index (χ2n) is 7.09. The monoisotopic (exact) mass is 318 g/mol. The Morgan fingerprint density at radius 3 is 2.62 bits per heavy atom. The Balaban J connectivity index is 1.72. The Hall–Kier alpha value is -0.820. The highest BCUT2D eigenvalue weighted by atomic mass is 32.2. The average molecular weight is 318 g/mol. The van der Waals surface area contributed by atoms with Crippen molar-refractivity contribution in [3.05, 3.63) is 0 Å². The number of ether oxygens (including phenoxy) is 1. The minimum absolute atomic E-state index is 0.213. The van der Waals surface area contributed by atoms with Crippen molar-refractivity contribution in [3.8, 4) is 0 Å². The standard InChI is InChI=1S/C14H26N2O4S/c1-14(2,3)20-13(17)16-6-4-12(9-16)15-8-11-5-7-21(18,19)10-11/h11-12,15H,4-10H2,1-3H3. The van der Waals surface area contributed by atoms with Crippen LogP contribution < -0.4 is 5.32 Å². The normalized spacial score (nSPS) is 28.8. The Bertz CT molecular complexity index is 484. The van der Waals surface area contributed by atoms with Crippen LogP contribution in [0.3, 0.4) is 0 Å². The Morgan fingerprint density at radius 1 is 1.33 bits per heavy atom. The summed E-state index contributed by atoms with van der Waals surface area (Å²) in [5.74, 6) is 0.821. The third kappa shape index (κ3) is 5.14. The van der Waals surface area contributed by atoms with Gasteiger partial charge in [0.05, 0.1) is 11.5 Å². The summed E-state index contributed by atoms with van der Waals surface area (Å²) in [6, 6.07) is 0.237. The van der Waals surface area contributed by atoms with Crippen molar-refractivity contribution in [1.82, 2.24) is 10.2 Å². The first-order chi connectivity index (χ1) is 9.65. The Labute approximate surface area is 127 Å². The van der Waals surface area contributed by atoms with Crippen molar-refractivity contribution in [1.29, 1.82) is 0 Å². The van der Waals surface area contributed by atoms with Gasteiger partial charge in [-0.1, -0.05) is 0 Å². The molecule has 0 aromatic heterocycles. The zero-order valence-corrected chi connectivity index (χ0v) is 13.9. The van der Waals surface area contributed by atoms with Gasteiger partial charge < -0.3 is 15.0 Å². The summed E-state index contributed by atoms with van der Waals surface area (Å²) in [6.45, 7) is 7.61. The zero-order chi connectivity index (χ0) is 15.7. The number of carbonyl (C=O) groups is 1. The van der Waals surface area contributed by atoms with Gasteiger partial charge in [0.25, 0.3) is 0 Å². The first-order valence-corrected chi connectivity index (χ1v) is 9.38. The van der Waals surface area contributed by atoms with Gasteiger partial charge in [-0.2, -0.15) is 0 Å². The Morgan fingerprint density at radius 2 is 2.05 bits per heavy atom. The van der Waals surface area contributed by atoms with Gasteiger partial charge in [-0.3, -0.25) is 0 Å². The van der Waals surface area contributed by atoms with Crippen molar-refractivity contribution in [2.45, 2.75) is 45.3 Å². The molecule has 2 rings (SSSR count). The maximum atomic E-state index is 11.9. The molecule has 2 heterocycles. The molecule has 0 bridgehead atoms. The van der Waals surface area contributed by atoms with E-state index in [1.165, 1.54) is 0 Å². The molecule has 0 spiro atoms. The first-order valence-electron chi connectivity index (χ1n) is 7.56. The largest absolute Gasteiger partial charge is 0.444 e. The second kappa shape index (κ2) is 6.12. The van der Waals surface area contributed by atoms with E-state index in [4.69, 9.17) is 4.74 Å². The number of nitrogens with zero attached hydrogens (tertiary/aromatic N) is 1. The molecule has 2 atom stereocenters. The number of sulfone groups is 1. The van der Waals surface area contributed by atoms with Crippen LogP contribution in [0, 0.1) is 5.92 Å². The lowest BCUT2D eigenvalue weighted by Gasteiger charge is -2.24. The molecule has 0 aromatic carbocycles. The lowest BCUT2D eigenvalue weighted by Crippen LogP contribution is -2.39. The molecule has 1 N–H and O–H groups in total. The van der Waals surface area contributed by atoms with E-state index in [0.717, 1.165) is 12.8 Å². The van der Waals surface area contributed by atoms with Gasteiger partial charge in [-0.15, -0.1) is 0 Å². The van der Waals surface area contributed by atoms with Gasteiger partial charge in [0, 0.05) is 19.1 Å². The average Bonchev–Trinajstić information content (AvgIpc) is 2.91. The van der Waals surface area contributed by atoms with E-state index in [0.29, 0.717) is 31.1 Å². The third-order valence-electron chi connectivity index (χ3n) is 3.86. The van der Waals surface area contributed by atoms with Crippen molar-refractivity contribution in [3.63, 3.8) is 0 Å². The van der Waals surface area contributed by atoms with Crippen LogP contribution in [0.5, 0.6) is 0 Å². The summed E-state index contributed by atoms with van der Waals surface area (Å²) in [7, 11) is -2.81. The Kier molecular flexibility index (Phi) is 4.82. The van der Waals surface area contributed by atoms with Gasteiger partial charge in [0.15, 0.2) is 9.84 Å². The van der Waals surface area contributed by atoms with Crippen molar-refractivity contribution in [2.24, 2.45) is 5.92 Å². The number of hydrogen-bond acceptors (Lipinski definition) is 5. The van der Waals surface area contributed by atoms with Crippen LogP contribution in [0.15, 0.2) is 0 Å². The summed E-state index contributed by atoms with van der Waals surface area (Å²) in [5, 5.41) is 3.40. The predicted molar refractivity (Wildman–Crippen MR) is 81.0 cm³/mol. The van der Waals surface area contributed by atoms with Crippen LogP contribution >= 0.6 is 0 Å². The van der Waals surface area contributed by atoms with Crippen LogP contribution in [0.4, 0.5) is 4.79 Å². The minimum atomic E-state index is -2.81. The summed E-state index contributed by atoms with van der Waals surface area (Å²) < 4.78 is 28.2. The fourth-order valence-electron chi connectivity index (χ4n) is 2.79. The fourth-order valence-corrected chi connectivity index (χ4v) is 4.65. The maximum absolute atomic E-state index is 11.9. The number of nitrogens with one attached hydrogen (secondary N) is 1. The maximum Gasteiger partial charge on any atom is 0.410 e. The second-order valence-corrected chi connectivity index (χ2v) is 9.32. The van der Waals surface area contributed by atoms with Crippen LogP contribution in [-0.4, -0.2) is 62.2 Å². The molecule has 2 aliphatic heterocycles. The number of carbonyl (C=O) groups excluding carboxylic acids is 1. The molecule has 0 aromatic rings. The van der Waals surface area contributed by atoms with E-state index >= 15 is 0 Å². The van der Waals surface area contributed by atoms with Gasteiger partial charge in [0.1, 0.15) is 5.60 Å². The molecule has 2 fully saturated rings. The minimum Gasteiger partial charge on any atom is -0.444 e. The molecule has 6 nitrogen and oxygen atoms in total. The molecule has 0 radical (unpaired) electrons. The van der Waals surface area contributed by atoms with E-state index in [9.17, 15) is 13.2 Å².